The van der Waals surface area contributed by atoms with E-state index in [1.165, 1.54) is 28.9 Å². The summed E-state index contributed by atoms with van der Waals surface area (Å²) >= 11 is -2.48. The van der Waals surface area contributed by atoms with Gasteiger partial charge < -0.3 is 9.27 Å². The summed E-state index contributed by atoms with van der Waals surface area (Å²) < 4.78 is 64.0. The fourth-order valence-electron chi connectivity index (χ4n) is 2.41. The smallest absolute Gasteiger partial charge is 0.435 e. The number of nitrogens with one attached hydrogen (secondary N) is 1. The Labute approximate surface area is 149 Å². The van der Waals surface area contributed by atoms with Gasteiger partial charge in [0.25, 0.3) is 0 Å². The second kappa shape index (κ2) is 6.93. The number of aryl methyl sites for hydroxylation is 1. The minimum Gasteiger partial charge on any atom is -0.755 e. The zero-order valence-electron chi connectivity index (χ0n) is 13.4. The third kappa shape index (κ3) is 3.94. The molecule has 26 heavy (non-hydrogen) atoms. The van der Waals surface area contributed by atoms with Crippen LogP contribution in [-0.2, 0) is 17.4 Å². The molecule has 0 aliphatic heterocycles. The van der Waals surface area contributed by atoms with Crippen molar-refractivity contribution in [3.05, 3.63) is 65.9 Å². The molecule has 0 spiro atoms. The van der Waals surface area contributed by atoms with E-state index in [-0.39, 0.29) is 5.69 Å². The van der Waals surface area contributed by atoms with Crippen LogP contribution < -0.4 is 4.72 Å². The predicted molar refractivity (Wildman–Crippen MR) is 91.3 cm³/mol. The monoisotopic (exact) mass is 380 g/mol. The highest BCUT2D eigenvalue weighted by atomic mass is 32.2. The summed E-state index contributed by atoms with van der Waals surface area (Å²) in [5.74, 6) is 0. The number of benzene rings is 2. The number of hydrogen-bond acceptors (Lipinski definition) is 3. The van der Waals surface area contributed by atoms with E-state index in [2.05, 4.69) is 9.82 Å². The van der Waals surface area contributed by atoms with Crippen LogP contribution in [0.1, 0.15) is 11.3 Å². The average Bonchev–Trinajstić information content (AvgIpc) is 3.01. The summed E-state index contributed by atoms with van der Waals surface area (Å²) in [6.45, 7) is 1.88. The molecule has 0 fully saturated rings. The highest BCUT2D eigenvalue weighted by Gasteiger charge is 2.35. The van der Waals surface area contributed by atoms with Gasteiger partial charge in [-0.25, -0.2) is 4.68 Å². The summed E-state index contributed by atoms with van der Waals surface area (Å²) in [5.41, 5.74) is 1.51. The van der Waals surface area contributed by atoms with Gasteiger partial charge in [0.05, 0.1) is 11.4 Å². The molecule has 3 rings (SSSR count). The zero-order valence-corrected chi connectivity index (χ0v) is 14.3. The van der Waals surface area contributed by atoms with Crippen molar-refractivity contribution in [1.29, 1.82) is 0 Å². The van der Waals surface area contributed by atoms with E-state index in [1.54, 1.807) is 24.3 Å². The highest BCUT2D eigenvalue weighted by Crippen LogP contribution is 2.33. The number of rotatable bonds is 4. The highest BCUT2D eigenvalue weighted by molar-refractivity contribution is 7.80. The Hall–Kier alpha value is -2.65. The largest absolute Gasteiger partial charge is 0.755 e. The Morgan fingerprint density at radius 3 is 2.23 bits per heavy atom. The van der Waals surface area contributed by atoms with E-state index < -0.39 is 23.1 Å². The van der Waals surface area contributed by atoms with Crippen molar-refractivity contribution in [2.45, 2.75) is 13.1 Å². The lowest BCUT2D eigenvalue weighted by atomic mass is 10.1. The maximum Gasteiger partial charge on any atom is 0.435 e. The molecule has 0 amide bonds. The van der Waals surface area contributed by atoms with Crippen LogP contribution in [0, 0.1) is 6.92 Å². The summed E-state index contributed by atoms with van der Waals surface area (Å²) in [6, 6.07) is 13.9. The van der Waals surface area contributed by atoms with E-state index >= 15 is 0 Å². The number of nitrogens with zero attached hydrogens (tertiary/aromatic N) is 2. The Morgan fingerprint density at radius 2 is 1.69 bits per heavy atom. The summed E-state index contributed by atoms with van der Waals surface area (Å²) in [6.07, 6.45) is -4.58. The second-order valence-electron chi connectivity index (χ2n) is 5.57. The Morgan fingerprint density at radius 1 is 1.08 bits per heavy atom. The van der Waals surface area contributed by atoms with Gasteiger partial charge in [0, 0.05) is 22.5 Å². The molecular formula is C17H13F3N3O2S-. The average molecular weight is 380 g/mol. The van der Waals surface area contributed by atoms with E-state index in [0.29, 0.717) is 16.9 Å². The number of anilines is 1. The van der Waals surface area contributed by atoms with Gasteiger partial charge in [0.15, 0.2) is 5.69 Å². The third-order valence-electron chi connectivity index (χ3n) is 3.66. The van der Waals surface area contributed by atoms with Gasteiger partial charge in [-0.2, -0.15) is 18.3 Å². The lowest BCUT2D eigenvalue weighted by molar-refractivity contribution is -0.141. The SMILES string of the molecule is Cc1ccc(-c2cc(C(F)(F)F)nn2-c2ccc(NS(=O)[O-])cc2)cc1. The van der Waals surface area contributed by atoms with Gasteiger partial charge in [0.1, 0.15) is 0 Å². The molecule has 0 aliphatic rings. The molecule has 0 radical (unpaired) electrons. The van der Waals surface area contributed by atoms with E-state index in [4.69, 9.17) is 0 Å². The molecule has 5 nitrogen and oxygen atoms in total. The summed E-state index contributed by atoms with van der Waals surface area (Å²) in [4.78, 5) is 0. The molecule has 136 valence electrons. The molecule has 0 saturated heterocycles. The minimum absolute atomic E-state index is 0.283. The molecule has 0 aliphatic carbocycles. The molecule has 0 saturated carbocycles. The van der Waals surface area contributed by atoms with Crippen LogP contribution >= 0.6 is 0 Å². The van der Waals surface area contributed by atoms with Crippen molar-refractivity contribution >= 4 is 17.0 Å². The van der Waals surface area contributed by atoms with Crippen LogP contribution in [0.15, 0.2) is 54.6 Å². The van der Waals surface area contributed by atoms with Crippen LogP contribution in [0.4, 0.5) is 18.9 Å². The molecule has 1 atom stereocenters. The first-order valence-corrected chi connectivity index (χ1v) is 8.52. The zero-order chi connectivity index (χ0) is 18.9. The van der Waals surface area contributed by atoms with Gasteiger partial charge >= 0.3 is 6.18 Å². The lowest BCUT2D eigenvalue weighted by Crippen LogP contribution is -2.07. The molecule has 1 heterocycles. The van der Waals surface area contributed by atoms with Crippen molar-refractivity contribution in [2.24, 2.45) is 0 Å². The van der Waals surface area contributed by atoms with E-state index in [9.17, 15) is 21.9 Å². The Bertz CT molecular complexity index is 935. The molecule has 9 heteroatoms. The fraction of sp³-hybridized carbons (Fsp3) is 0.118. The van der Waals surface area contributed by atoms with E-state index in [0.717, 1.165) is 11.6 Å². The first-order valence-electron chi connectivity index (χ1n) is 7.45. The number of hydrogen-bond donors (Lipinski definition) is 1. The topological polar surface area (TPSA) is 70.0 Å². The first-order chi connectivity index (χ1) is 12.2. The standard InChI is InChI=1S/C17H14F3N3O2S/c1-11-2-4-12(5-3-11)15-10-16(17(18,19)20)21-23(15)14-8-6-13(7-9-14)22-26(24)25/h2-10,22H,1H3,(H,24,25)/p-1. The molecule has 1 unspecified atom stereocenters. The van der Waals surface area contributed by atoms with Crippen LogP contribution in [0.5, 0.6) is 0 Å². The Balaban J connectivity index is 2.08. The third-order valence-corrected chi connectivity index (χ3v) is 4.06. The van der Waals surface area contributed by atoms with Gasteiger partial charge in [-0.05, 0) is 37.3 Å². The molecule has 2 aromatic carbocycles. The van der Waals surface area contributed by atoms with Crippen LogP contribution in [0.25, 0.3) is 16.9 Å². The van der Waals surface area contributed by atoms with Gasteiger partial charge in [0.2, 0.25) is 0 Å². The maximum absolute atomic E-state index is 13.1. The van der Waals surface area contributed by atoms with E-state index in [1.807, 2.05) is 6.92 Å². The maximum atomic E-state index is 13.1. The quantitative estimate of drug-likeness (QED) is 0.694. The molecule has 1 N–H and O–H groups in total. The van der Waals surface area contributed by atoms with Crippen molar-refractivity contribution < 1.29 is 21.9 Å². The second-order valence-corrected chi connectivity index (χ2v) is 6.25. The molecule has 0 bridgehead atoms. The normalized spacial score (nSPS) is 12.8. The molecule has 1 aromatic heterocycles. The van der Waals surface area contributed by atoms with Crippen LogP contribution in [-0.4, -0.2) is 18.5 Å². The Kier molecular flexibility index (Phi) is 4.84. The minimum atomic E-state index is -4.58. The van der Waals surface area contributed by atoms with Crippen molar-refractivity contribution in [3.8, 4) is 16.9 Å². The number of halogens is 3. The summed E-state index contributed by atoms with van der Waals surface area (Å²) in [5, 5.41) is 3.69. The lowest BCUT2D eigenvalue weighted by Gasteiger charge is -2.11. The number of aromatic nitrogens is 2. The van der Waals surface area contributed by atoms with Gasteiger partial charge in [-0.3, -0.25) is 4.21 Å². The van der Waals surface area contributed by atoms with Gasteiger partial charge in [-0.1, -0.05) is 29.8 Å². The number of alkyl halides is 3. The van der Waals surface area contributed by atoms with Crippen LogP contribution in [0.3, 0.4) is 0 Å². The van der Waals surface area contributed by atoms with Crippen LogP contribution in [0.2, 0.25) is 0 Å². The fourth-order valence-corrected chi connectivity index (χ4v) is 2.74. The van der Waals surface area contributed by atoms with Crippen molar-refractivity contribution in [2.75, 3.05) is 4.72 Å². The van der Waals surface area contributed by atoms with Crippen molar-refractivity contribution in [3.63, 3.8) is 0 Å². The first kappa shape index (κ1) is 18.2. The van der Waals surface area contributed by atoms with Crippen molar-refractivity contribution in [1.82, 2.24) is 9.78 Å². The predicted octanol–water partition coefficient (Wildman–Crippen LogP) is 4.07. The molecular weight excluding hydrogens is 367 g/mol. The summed E-state index contributed by atoms with van der Waals surface area (Å²) in [7, 11) is 0. The van der Waals surface area contributed by atoms with Gasteiger partial charge in [-0.15, -0.1) is 0 Å². The molecule has 3 aromatic rings.